The zero-order valence-electron chi connectivity index (χ0n) is 14.7. The van der Waals surface area contributed by atoms with Gasteiger partial charge in [-0.3, -0.25) is 4.79 Å². The minimum atomic E-state index is 0. The third-order valence-corrected chi connectivity index (χ3v) is 5.63. The molecule has 0 aliphatic carbocycles. The van der Waals surface area contributed by atoms with Gasteiger partial charge < -0.3 is 20.0 Å². The van der Waals surface area contributed by atoms with E-state index in [1.807, 2.05) is 21.7 Å². The molecule has 138 valence electrons. The summed E-state index contributed by atoms with van der Waals surface area (Å²) in [6.45, 7) is 4.99. The summed E-state index contributed by atoms with van der Waals surface area (Å²) in [7, 11) is 1.97. The molecule has 3 saturated heterocycles. The van der Waals surface area contributed by atoms with Gasteiger partial charge in [-0.1, -0.05) is 0 Å². The van der Waals surface area contributed by atoms with E-state index in [9.17, 15) is 9.59 Å². The Hall–Kier alpha value is -1.01. The second-order valence-electron chi connectivity index (χ2n) is 7.15. The summed E-state index contributed by atoms with van der Waals surface area (Å²) < 4.78 is 0. The number of hydrogen-bond acceptors (Lipinski definition) is 3. The van der Waals surface area contributed by atoms with Crippen molar-refractivity contribution in [2.75, 3.05) is 46.3 Å². The highest BCUT2D eigenvalue weighted by molar-refractivity contribution is 5.85. The van der Waals surface area contributed by atoms with Crippen LogP contribution in [0.15, 0.2) is 0 Å². The van der Waals surface area contributed by atoms with Crippen LogP contribution in [0.2, 0.25) is 0 Å². The molecule has 0 radical (unpaired) electrons. The zero-order valence-corrected chi connectivity index (χ0v) is 15.5. The van der Waals surface area contributed by atoms with Crippen LogP contribution in [0.3, 0.4) is 0 Å². The van der Waals surface area contributed by atoms with Crippen molar-refractivity contribution in [3.63, 3.8) is 0 Å². The minimum Gasteiger partial charge on any atom is -0.341 e. The number of nitrogens with zero attached hydrogens (tertiary/aromatic N) is 3. The molecule has 0 spiro atoms. The highest BCUT2D eigenvalue weighted by atomic mass is 35.5. The highest BCUT2D eigenvalue weighted by Gasteiger charge is 2.33. The summed E-state index contributed by atoms with van der Waals surface area (Å²) in [5.41, 5.74) is 0. The van der Waals surface area contributed by atoms with Crippen molar-refractivity contribution in [1.29, 1.82) is 0 Å². The van der Waals surface area contributed by atoms with Crippen molar-refractivity contribution in [2.24, 2.45) is 5.92 Å². The molecule has 0 aromatic rings. The van der Waals surface area contributed by atoms with Crippen LogP contribution < -0.4 is 5.32 Å². The maximum absolute atomic E-state index is 12.7. The Morgan fingerprint density at radius 2 is 1.42 bits per heavy atom. The van der Waals surface area contributed by atoms with Gasteiger partial charge in [0, 0.05) is 51.2 Å². The molecule has 1 unspecified atom stereocenters. The van der Waals surface area contributed by atoms with Crippen molar-refractivity contribution >= 4 is 24.3 Å². The largest absolute Gasteiger partial charge is 0.341 e. The van der Waals surface area contributed by atoms with Crippen LogP contribution in [0.5, 0.6) is 0 Å². The molecule has 3 rings (SSSR count). The first-order chi connectivity index (χ1) is 11.2. The topological polar surface area (TPSA) is 55.9 Å². The van der Waals surface area contributed by atoms with Gasteiger partial charge in [0.25, 0.3) is 0 Å². The second-order valence-corrected chi connectivity index (χ2v) is 7.15. The van der Waals surface area contributed by atoms with Gasteiger partial charge in [-0.15, -0.1) is 12.4 Å². The van der Waals surface area contributed by atoms with Gasteiger partial charge >= 0.3 is 6.03 Å². The number of nitrogens with one attached hydrogen (secondary N) is 1. The number of carbonyl (C=O) groups is 2. The van der Waals surface area contributed by atoms with E-state index in [4.69, 9.17) is 0 Å². The Morgan fingerprint density at radius 1 is 0.833 bits per heavy atom. The number of rotatable bonds is 2. The highest BCUT2D eigenvalue weighted by Crippen LogP contribution is 2.23. The van der Waals surface area contributed by atoms with Gasteiger partial charge in [-0.05, 0) is 45.6 Å². The van der Waals surface area contributed by atoms with Crippen molar-refractivity contribution in [3.8, 4) is 0 Å². The number of likely N-dealkylation sites (N-methyl/N-ethyl adjacent to an activating group) is 1. The van der Waals surface area contributed by atoms with E-state index in [-0.39, 0.29) is 24.4 Å². The standard InChI is InChI=1S/C17H30N4O2.ClH/c1-18-15-5-4-10-21(13-15)16(22)14-6-11-20(12-7-14)17(23)19-8-2-3-9-19;/h14-15,18H,2-13H2,1H3;1H. The van der Waals surface area contributed by atoms with E-state index >= 15 is 0 Å². The molecule has 1 N–H and O–H groups in total. The third-order valence-electron chi connectivity index (χ3n) is 5.63. The Labute approximate surface area is 151 Å². The van der Waals surface area contributed by atoms with E-state index in [0.717, 1.165) is 77.8 Å². The molecule has 6 nitrogen and oxygen atoms in total. The molecule has 3 heterocycles. The fraction of sp³-hybridized carbons (Fsp3) is 0.882. The van der Waals surface area contributed by atoms with Crippen LogP contribution >= 0.6 is 12.4 Å². The number of carbonyl (C=O) groups excluding carboxylic acids is 2. The van der Waals surface area contributed by atoms with E-state index in [1.54, 1.807) is 0 Å². The molecule has 24 heavy (non-hydrogen) atoms. The van der Waals surface area contributed by atoms with Crippen LogP contribution in [0.4, 0.5) is 4.79 Å². The summed E-state index contributed by atoms with van der Waals surface area (Å²) in [4.78, 5) is 31.1. The Bertz CT molecular complexity index is 434. The molecule has 3 aliphatic rings. The lowest BCUT2D eigenvalue weighted by Crippen LogP contribution is -2.51. The fourth-order valence-electron chi connectivity index (χ4n) is 4.10. The third kappa shape index (κ3) is 4.33. The van der Waals surface area contributed by atoms with E-state index in [1.165, 1.54) is 0 Å². The van der Waals surface area contributed by atoms with Gasteiger partial charge in [0.2, 0.25) is 5.91 Å². The number of amides is 3. The molecule has 1 atom stereocenters. The molecule has 0 saturated carbocycles. The Balaban J connectivity index is 0.00000208. The Kier molecular flexibility index (Phi) is 7.16. The minimum absolute atomic E-state index is 0. The maximum Gasteiger partial charge on any atom is 0.319 e. The number of piperidine rings is 2. The van der Waals surface area contributed by atoms with Crippen LogP contribution in [-0.4, -0.2) is 79.0 Å². The summed E-state index contributed by atoms with van der Waals surface area (Å²) in [5, 5.41) is 3.29. The van der Waals surface area contributed by atoms with Gasteiger partial charge in [0.15, 0.2) is 0 Å². The summed E-state index contributed by atoms with van der Waals surface area (Å²) in [5.74, 6) is 0.409. The van der Waals surface area contributed by atoms with Crippen molar-refractivity contribution in [1.82, 2.24) is 20.0 Å². The monoisotopic (exact) mass is 358 g/mol. The molecule has 0 bridgehead atoms. The average molecular weight is 359 g/mol. The lowest BCUT2D eigenvalue weighted by Gasteiger charge is -2.38. The summed E-state index contributed by atoms with van der Waals surface area (Å²) in [6.07, 6.45) is 6.13. The smallest absolute Gasteiger partial charge is 0.319 e. The SMILES string of the molecule is CNC1CCCN(C(=O)C2CCN(C(=O)N3CCCC3)CC2)C1.Cl. The summed E-state index contributed by atoms with van der Waals surface area (Å²) in [6, 6.07) is 0.617. The predicted molar refractivity (Wildman–Crippen MR) is 96.4 cm³/mol. The fourth-order valence-corrected chi connectivity index (χ4v) is 4.10. The van der Waals surface area contributed by atoms with Crippen molar-refractivity contribution in [3.05, 3.63) is 0 Å². The molecule has 3 fully saturated rings. The van der Waals surface area contributed by atoms with Crippen molar-refractivity contribution in [2.45, 2.75) is 44.6 Å². The molecular weight excluding hydrogens is 328 g/mol. The van der Waals surface area contributed by atoms with Crippen LogP contribution in [0.25, 0.3) is 0 Å². The van der Waals surface area contributed by atoms with Gasteiger partial charge in [0.1, 0.15) is 0 Å². The van der Waals surface area contributed by atoms with Crippen LogP contribution in [0, 0.1) is 5.92 Å². The van der Waals surface area contributed by atoms with Gasteiger partial charge in [-0.25, -0.2) is 4.79 Å². The quantitative estimate of drug-likeness (QED) is 0.814. The number of hydrogen-bond donors (Lipinski definition) is 1. The second kappa shape index (κ2) is 8.90. The first kappa shape index (κ1) is 19.3. The molecule has 3 amide bonds. The summed E-state index contributed by atoms with van der Waals surface area (Å²) >= 11 is 0. The lowest BCUT2D eigenvalue weighted by atomic mass is 9.94. The first-order valence-corrected chi connectivity index (χ1v) is 9.19. The predicted octanol–water partition coefficient (Wildman–Crippen LogP) is 1.55. The maximum atomic E-state index is 12.7. The first-order valence-electron chi connectivity index (χ1n) is 9.19. The van der Waals surface area contributed by atoms with E-state index in [2.05, 4.69) is 5.32 Å². The van der Waals surface area contributed by atoms with E-state index in [0.29, 0.717) is 11.9 Å². The average Bonchev–Trinajstić information content (AvgIpc) is 3.15. The lowest BCUT2D eigenvalue weighted by molar-refractivity contribution is -0.138. The molecule has 0 aromatic carbocycles. The van der Waals surface area contributed by atoms with Crippen LogP contribution in [0.1, 0.15) is 38.5 Å². The van der Waals surface area contributed by atoms with Crippen molar-refractivity contribution < 1.29 is 9.59 Å². The van der Waals surface area contributed by atoms with Gasteiger partial charge in [0.05, 0.1) is 0 Å². The number of urea groups is 1. The molecule has 0 aromatic heterocycles. The Morgan fingerprint density at radius 3 is 2.04 bits per heavy atom. The molecule has 3 aliphatic heterocycles. The number of halogens is 1. The van der Waals surface area contributed by atoms with Crippen LogP contribution in [-0.2, 0) is 4.79 Å². The zero-order chi connectivity index (χ0) is 16.2. The molecular formula is C17H31ClN4O2. The molecule has 7 heteroatoms. The van der Waals surface area contributed by atoms with E-state index < -0.39 is 0 Å². The number of likely N-dealkylation sites (tertiary alicyclic amines) is 3. The normalized spacial score (nSPS) is 25.5. The van der Waals surface area contributed by atoms with Gasteiger partial charge in [-0.2, -0.15) is 0 Å².